The number of likely N-dealkylation sites (tertiary alicyclic amines) is 1. The molecule has 1 atom stereocenters. The van der Waals surface area contributed by atoms with Gasteiger partial charge in [0.05, 0.1) is 17.3 Å². The summed E-state index contributed by atoms with van der Waals surface area (Å²) in [6, 6.07) is 0. The highest BCUT2D eigenvalue weighted by atomic mass is 32.1. The molecule has 5 nitrogen and oxygen atoms in total. The molecule has 1 saturated heterocycles. The van der Waals surface area contributed by atoms with Crippen molar-refractivity contribution < 1.29 is 8.78 Å². The molecule has 1 N–H and O–H groups in total. The van der Waals surface area contributed by atoms with Crippen molar-refractivity contribution in [1.82, 2.24) is 19.9 Å². The number of hydrogen-bond donors (Lipinski definition) is 1. The van der Waals surface area contributed by atoms with Gasteiger partial charge in [-0.1, -0.05) is 11.3 Å². The molecule has 0 amide bonds. The SMILES string of the molecule is CNc1nc(F)c(CN2CC[C@H](Cc3ncc(F)cn3)C2)s1. The van der Waals surface area contributed by atoms with E-state index in [0.29, 0.717) is 28.3 Å². The second kappa shape index (κ2) is 6.62. The zero-order chi connectivity index (χ0) is 15.5. The summed E-state index contributed by atoms with van der Waals surface area (Å²) in [4.78, 5) is 14.7. The van der Waals surface area contributed by atoms with Gasteiger partial charge in [-0.05, 0) is 18.9 Å². The Morgan fingerprint density at radius 3 is 2.82 bits per heavy atom. The molecule has 2 aromatic heterocycles. The maximum atomic E-state index is 13.7. The molecule has 0 unspecified atom stereocenters. The number of nitrogens with zero attached hydrogens (tertiary/aromatic N) is 4. The molecule has 1 aliphatic heterocycles. The molecule has 0 spiro atoms. The first-order valence-electron chi connectivity index (χ1n) is 7.15. The van der Waals surface area contributed by atoms with Crippen molar-refractivity contribution >= 4 is 16.5 Å². The van der Waals surface area contributed by atoms with Gasteiger partial charge < -0.3 is 5.32 Å². The van der Waals surface area contributed by atoms with Crippen LogP contribution in [0.5, 0.6) is 0 Å². The van der Waals surface area contributed by atoms with Crippen molar-refractivity contribution in [3.05, 3.63) is 34.9 Å². The van der Waals surface area contributed by atoms with Crippen LogP contribution < -0.4 is 5.32 Å². The molecule has 8 heteroatoms. The monoisotopic (exact) mass is 325 g/mol. The lowest BCUT2D eigenvalue weighted by atomic mass is 10.0. The summed E-state index contributed by atoms with van der Waals surface area (Å²) in [6.07, 6.45) is 4.13. The summed E-state index contributed by atoms with van der Waals surface area (Å²) in [7, 11) is 1.73. The van der Waals surface area contributed by atoms with Gasteiger partial charge in [-0.15, -0.1) is 0 Å². The molecule has 3 heterocycles. The minimum absolute atomic E-state index is 0.389. The summed E-state index contributed by atoms with van der Waals surface area (Å²) in [5, 5.41) is 3.46. The zero-order valence-corrected chi connectivity index (χ0v) is 13.0. The van der Waals surface area contributed by atoms with E-state index in [0.717, 1.165) is 25.9 Å². The highest BCUT2D eigenvalue weighted by Crippen LogP contribution is 2.26. The quantitative estimate of drug-likeness (QED) is 0.914. The van der Waals surface area contributed by atoms with Crippen molar-refractivity contribution in [2.24, 2.45) is 5.92 Å². The number of anilines is 1. The molecule has 1 fully saturated rings. The summed E-state index contributed by atoms with van der Waals surface area (Å²) >= 11 is 1.35. The molecule has 1 aliphatic rings. The third-order valence-electron chi connectivity index (χ3n) is 3.75. The fourth-order valence-corrected chi connectivity index (χ4v) is 3.50. The molecule has 0 bridgehead atoms. The first-order valence-corrected chi connectivity index (χ1v) is 7.97. The molecule has 118 valence electrons. The zero-order valence-electron chi connectivity index (χ0n) is 12.2. The van der Waals surface area contributed by atoms with Crippen molar-refractivity contribution in [2.75, 3.05) is 25.5 Å². The first kappa shape index (κ1) is 15.2. The highest BCUT2D eigenvalue weighted by molar-refractivity contribution is 7.15. The van der Waals surface area contributed by atoms with Crippen LogP contribution >= 0.6 is 11.3 Å². The van der Waals surface area contributed by atoms with E-state index in [2.05, 4.69) is 25.2 Å². The van der Waals surface area contributed by atoms with Crippen molar-refractivity contribution in [3.63, 3.8) is 0 Å². The van der Waals surface area contributed by atoms with Crippen LogP contribution in [0, 0.1) is 17.7 Å². The van der Waals surface area contributed by atoms with Crippen molar-refractivity contribution in [2.45, 2.75) is 19.4 Å². The second-order valence-electron chi connectivity index (χ2n) is 5.39. The predicted octanol–water partition coefficient (Wildman–Crippen LogP) is 2.32. The number of hydrogen-bond acceptors (Lipinski definition) is 6. The Bertz CT molecular complexity index is 631. The van der Waals surface area contributed by atoms with E-state index in [1.165, 1.54) is 23.7 Å². The van der Waals surface area contributed by atoms with E-state index in [-0.39, 0.29) is 5.95 Å². The van der Waals surface area contributed by atoms with Crippen LogP contribution in [0.4, 0.5) is 13.9 Å². The van der Waals surface area contributed by atoms with E-state index < -0.39 is 5.82 Å². The predicted molar refractivity (Wildman–Crippen MR) is 80.7 cm³/mol. The van der Waals surface area contributed by atoms with Gasteiger partial charge in [0.15, 0.2) is 10.9 Å². The van der Waals surface area contributed by atoms with Gasteiger partial charge in [0.1, 0.15) is 5.82 Å². The fraction of sp³-hybridized carbons (Fsp3) is 0.500. The summed E-state index contributed by atoms with van der Waals surface area (Å²) in [5.74, 6) is 0.275. The number of aromatic nitrogens is 3. The highest BCUT2D eigenvalue weighted by Gasteiger charge is 2.25. The fourth-order valence-electron chi connectivity index (χ4n) is 2.67. The van der Waals surface area contributed by atoms with E-state index in [4.69, 9.17) is 0 Å². The molecular weight excluding hydrogens is 308 g/mol. The van der Waals surface area contributed by atoms with E-state index >= 15 is 0 Å². The standard InChI is InChI=1S/C14H17F2N5S/c1-17-14-20-13(16)11(22-14)8-21-3-2-9(7-21)4-12-18-5-10(15)6-19-12/h5-6,9H,2-4,7-8H2,1H3,(H,17,20)/t9-/m1/s1. The van der Waals surface area contributed by atoms with Crippen LogP contribution in [0.15, 0.2) is 12.4 Å². The largest absolute Gasteiger partial charge is 0.365 e. The van der Waals surface area contributed by atoms with E-state index in [1.54, 1.807) is 7.05 Å². The Morgan fingerprint density at radius 2 is 2.14 bits per heavy atom. The van der Waals surface area contributed by atoms with Gasteiger partial charge in [-0.3, -0.25) is 4.90 Å². The Morgan fingerprint density at radius 1 is 1.36 bits per heavy atom. The van der Waals surface area contributed by atoms with E-state index in [9.17, 15) is 8.78 Å². The molecular formula is C14H17F2N5S. The molecule has 0 aromatic carbocycles. The normalized spacial score (nSPS) is 18.8. The van der Waals surface area contributed by atoms with Crippen LogP contribution in [0.3, 0.4) is 0 Å². The Kier molecular flexibility index (Phi) is 4.58. The van der Waals surface area contributed by atoms with E-state index in [1.807, 2.05) is 0 Å². The Balaban J connectivity index is 1.55. The van der Waals surface area contributed by atoms with Gasteiger partial charge in [-0.25, -0.2) is 14.4 Å². The second-order valence-corrected chi connectivity index (χ2v) is 6.48. The van der Waals surface area contributed by atoms with Crippen LogP contribution in [-0.4, -0.2) is 40.0 Å². The van der Waals surface area contributed by atoms with Gasteiger partial charge >= 0.3 is 0 Å². The van der Waals surface area contributed by atoms with Crippen LogP contribution in [0.1, 0.15) is 17.1 Å². The maximum absolute atomic E-state index is 13.7. The Labute approximate surface area is 131 Å². The molecule has 22 heavy (non-hydrogen) atoms. The topological polar surface area (TPSA) is 53.9 Å². The van der Waals surface area contributed by atoms with Crippen LogP contribution in [0.25, 0.3) is 0 Å². The van der Waals surface area contributed by atoms with Gasteiger partial charge in [0.2, 0.25) is 5.95 Å². The maximum Gasteiger partial charge on any atom is 0.230 e. The third-order valence-corrected chi connectivity index (χ3v) is 4.78. The van der Waals surface area contributed by atoms with Gasteiger partial charge in [0.25, 0.3) is 0 Å². The van der Waals surface area contributed by atoms with Gasteiger partial charge in [-0.2, -0.15) is 9.37 Å². The minimum atomic E-state index is -0.419. The minimum Gasteiger partial charge on any atom is -0.365 e. The van der Waals surface area contributed by atoms with Gasteiger partial charge in [0, 0.05) is 26.6 Å². The summed E-state index contributed by atoms with van der Waals surface area (Å²) in [5.41, 5.74) is 0. The average molecular weight is 325 g/mol. The van der Waals surface area contributed by atoms with Crippen molar-refractivity contribution in [1.29, 1.82) is 0 Å². The first-order chi connectivity index (χ1) is 10.6. The smallest absolute Gasteiger partial charge is 0.230 e. The molecule has 2 aromatic rings. The summed E-state index contributed by atoms with van der Waals surface area (Å²) < 4.78 is 26.5. The third kappa shape index (κ3) is 3.56. The lowest BCUT2D eigenvalue weighted by molar-refractivity contribution is 0.312. The molecule has 3 rings (SSSR count). The van der Waals surface area contributed by atoms with Crippen LogP contribution in [0.2, 0.25) is 0 Å². The van der Waals surface area contributed by atoms with Crippen LogP contribution in [-0.2, 0) is 13.0 Å². The number of thiazole rings is 1. The lowest BCUT2D eigenvalue weighted by Gasteiger charge is -2.14. The summed E-state index contributed by atoms with van der Waals surface area (Å²) in [6.45, 7) is 2.36. The average Bonchev–Trinajstić information content (AvgIpc) is 3.09. The molecule has 0 aliphatic carbocycles. The molecule has 0 radical (unpaired) electrons. The lowest BCUT2D eigenvalue weighted by Crippen LogP contribution is -2.21. The molecule has 0 saturated carbocycles. The number of rotatable bonds is 5. The van der Waals surface area contributed by atoms with Crippen molar-refractivity contribution in [3.8, 4) is 0 Å². The number of nitrogens with one attached hydrogen (secondary N) is 1. The Hall–Kier alpha value is -1.67. The number of halogens is 2.